The normalized spacial score (nSPS) is 10.2. The molecule has 0 amide bonds. The van der Waals surface area contributed by atoms with E-state index in [-0.39, 0.29) is 0 Å². The molecule has 0 fully saturated rings. The van der Waals surface area contributed by atoms with Crippen molar-refractivity contribution >= 4 is 5.95 Å². The van der Waals surface area contributed by atoms with Crippen LogP contribution in [0.3, 0.4) is 0 Å². The maximum atomic E-state index is 4.23. The molecule has 84 valence electrons. The third-order valence-corrected chi connectivity index (χ3v) is 2.28. The summed E-state index contributed by atoms with van der Waals surface area (Å²) in [7, 11) is 0. The summed E-state index contributed by atoms with van der Waals surface area (Å²) in [4.78, 5) is 8.24. The van der Waals surface area contributed by atoms with Crippen LogP contribution in [0.1, 0.15) is 0 Å². The minimum atomic E-state index is 0.724. The zero-order valence-corrected chi connectivity index (χ0v) is 9.08. The molecule has 2 aromatic heterocycles. The molecule has 0 bridgehead atoms. The average molecular weight is 217 g/mol. The molecule has 0 unspecified atom stereocenters. The van der Waals surface area contributed by atoms with Gasteiger partial charge in [-0.3, -0.25) is 0 Å². The van der Waals surface area contributed by atoms with E-state index in [1.165, 1.54) is 0 Å². The van der Waals surface area contributed by atoms with Gasteiger partial charge < -0.3 is 14.5 Å². The number of aromatic nitrogens is 4. The van der Waals surface area contributed by atoms with Crippen LogP contribution >= 0.6 is 0 Å². The molecule has 5 heteroatoms. The smallest absolute Gasteiger partial charge is 0.203 e. The minimum Gasteiger partial charge on any atom is -0.352 e. The van der Waals surface area contributed by atoms with E-state index in [9.17, 15) is 0 Å². The molecule has 0 aliphatic heterocycles. The maximum Gasteiger partial charge on any atom is 0.203 e. The fourth-order valence-corrected chi connectivity index (χ4v) is 1.46. The second-order valence-corrected chi connectivity index (χ2v) is 3.41. The molecule has 1 N–H and O–H groups in total. The third-order valence-electron chi connectivity index (χ3n) is 2.28. The first-order valence-electron chi connectivity index (χ1n) is 5.22. The van der Waals surface area contributed by atoms with E-state index in [0.29, 0.717) is 0 Å². The first-order valence-corrected chi connectivity index (χ1v) is 5.22. The molecular weight excluding hydrogens is 202 g/mol. The van der Waals surface area contributed by atoms with Crippen molar-refractivity contribution < 1.29 is 0 Å². The van der Waals surface area contributed by atoms with Crippen LogP contribution in [0.15, 0.2) is 43.8 Å². The first kappa shape index (κ1) is 10.5. The lowest BCUT2D eigenvalue weighted by molar-refractivity contribution is 0.582. The third kappa shape index (κ3) is 2.50. The molecule has 5 nitrogen and oxygen atoms in total. The van der Waals surface area contributed by atoms with Gasteiger partial charge in [0.15, 0.2) is 0 Å². The van der Waals surface area contributed by atoms with Gasteiger partial charge in [-0.25, -0.2) is 9.97 Å². The van der Waals surface area contributed by atoms with Crippen molar-refractivity contribution in [2.24, 2.45) is 0 Å². The number of imidazole rings is 2. The Morgan fingerprint density at radius 1 is 1.31 bits per heavy atom. The first-order chi connectivity index (χ1) is 7.90. The van der Waals surface area contributed by atoms with Crippen molar-refractivity contribution in [2.45, 2.75) is 13.1 Å². The van der Waals surface area contributed by atoms with Gasteiger partial charge in [0.25, 0.3) is 0 Å². The van der Waals surface area contributed by atoms with E-state index < -0.39 is 0 Å². The number of anilines is 1. The second-order valence-electron chi connectivity index (χ2n) is 3.41. The lowest BCUT2D eigenvalue weighted by atomic mass is 10.5. The lowest BCUT2D eigenvalue weighted by Gasteiger charge is -2.08. The summed E-state index contributed by atoms with van der Waals surface area (Å²) in [6.45, 7) is 6.15. The van der Waals surface area contributed by atoms with E-state index in [1.807, 2.05) is 29.4 Å². The minimum absolute atomic E-state index is 0.724. The Balaban J connectivity index is 1.93. The molecule has 2 aromatic rings. The highest BCUT2D eigenvalue weighted by Crippen LogP contribution is 2.04. The van der Waals surface area contributed by atoms with Crippen molar-refractivity contribution in [2.75, 3.05) is 11.9 Å². The summed E-state index contributed by atoms with van der Waals surface area (Å²) < 4.78 is 4.11. The number of aryl methyl sites for hydroxylation is 2. The zero-order chi connectivity index (χ0) is 11.2. The molecule has 0 spiro atoms. The quantitative estimate of drug-likeness (QED) is 0.743. The number of nitrogens with zero attached hydrogens (tertiary/aromatic N) is 4. The largest absolute Gasteiger partial charge is 0.352 e. The maximum absolute atomic E-state index is 4.23. The molecular formula is C11H15N5. The number of hydrogen-bond donors (Lipinski definition) is 1. The van der Waals surface area contributed by atoms with Crippen molar-refractivity contribution in [1.29, 1.82) is 0 Å². The lowest BCUT2D eigenvalue weighted by Crippen LogP contribution is -2.10. The van der Waals surface area contributed by atoms with Gasteiger partial charge >= 0.3 is 0 Å². The molecule has 0 aliphatic carbocycles. The average Bonchev–Trinajstić information content (AvgIpc) is 2.94. The molecule has 16 heavy (non-hydrogen) atoms. The van der Waals surface area contributed by atoms with Crippen LogP contribution in [0.4, 0.5) is 5.95 Å². The topological polar surface area (TPSA) is 47.7 Å². The van der Waals surface area contributed by atoms with Crippen LogP contribution < -0.4 is 5.32 Å². The predicted molar refractivity (Wildman–Crippen MR) is 63.1 cm³/mol. The molecule has 0 saturated heterocycles. The number of nitrogens with one attached hydrogen (secondary N) is 1. The van der Waals surface area contributed by atoms with Crippen LogP contribution in [0.5, 0.6) is 0 Å². The molecule has 2 rings (SSSR count). The van der Waals surface area contributed by atoms with Crippen molar-refractivity contribution in [3.63, 3.8) is 0 Å². The molecule has 0 radical (unpaired) electrons. The fourth-order valence-electron chi connectivity index (χ4n) is 1.46. The summed E-state index contributed by atoms with van der Waals surface area (Å²) in [5.41, 5.74) is 0. The van der Waals surface area contributed by atoms with Crippen molar-refractivity contribution in [1.82, 2.24) is 19.1 Å². The summed E-state index contributed by atoms with van der Waals surface area (Å²) in [6, 6.07) is 0. The van der Waals surface area contributed by atoms with Crippen LogP contribution in [0.25, 0.3) is 0 Å². The molecule has 0 aliphatic rings. The highest BCUT2D eigenvalue weighted by atomic mass is 15.2. The Kier molecular flexibility index (Phi) is 3.38. The van der Waals surface area contributed by atoms with Crippen molar-refractivity contribution in [3.05, 3.63) is 43.8 Å². The van der Waals surface area contributed by atoms with Gasteiger partial charge in [0.05, 0.1) is 6.33 Å². The summed E-state index contributed by atoms with van der Waals surface area (Å²) in [6.07, 6.45) is 11.1. The Labute approximate surface area is 94.5 Å². The van der Waals surface area contributed by atoms with Gasteiger partial charge in [-0.2, -0.15) is 0 Å². The van der Waals surface area contributed by atoms with Gasteiger partial charge in [0, 0.05) is 44.4 Å². The van der Waals surface area contributed by atoms with Crippen LogP contribution in [0, 0.1) is 0 Å². The fraction of sp³-hybridized carbons (Fsp3) is 0.273. The van der Waals surface area contributed by atoms with E-state index in [4.69, 9.17) is 0 Å². The highest BCUT2D eigenvalue weighted by Gasteiger charge is 2.00. The van der Waals surface area contributed by atoms with Crippen LogP contribution in [0.2, 0.25) is 0 Å². The van der Waals surface area contributed by atoms with Crippen molar-refractivity contribution in [3.8, 4) is 0 Å². The molecule has 0 atom stereocenters. The van der Waals surface area contributed by atoms with Gasteiger partial charge in [-0.15, -0.1) is 6.58 Å². The zero-order valence-electron chi connectivity index (χ0n) is 9.08. The molecule has 0 aromatic carbocycles. The Bertz CT molecular complexity index is 429. The van der Waals surface area contributed by atoms with E-state index >= 15 is 0 Å². The SMILES string of the molecule is C=CCNc1nccn1CCn1ccnc1. The predicted octanol–water partition coefficient (Wildman–Crippen LogP) is 1.38. The van der Waals surface area contributed by atoms with E-state index in [1.54, 1.807) is 12.4 Å². The number of rotatable bonds is 6. The van der Waals surface area contributed by atoms with Crippen LogP contribution in [-0.2, 0) is 13.1 Å². The molecule has 0 saturated carbocycles. The van der Waals surface area contributed by atoms with Crippen LogP contribution in [-0.4, -0.2) is 25.6 Å². The monoisotopic (exact) mass is 217 g/mol. The van der Waals surface area contributed by atoms with Gasteiger partial charge in [-0.05, 0) is 0 Å². The van der Waals surface area contributed by atoms with Gasteiger partial charge in [0.1, 0.15) is 0 Å². The highest BCUT2D eigenvalue weighted by molar-refractivity contribution is 5.26. The summed E-state index contributed by atoms with van der Waals surface area (Å²) in [5.74, 6) is 0.875. The Hall–Kier alpha value is -2.04. The van der Waals surface area contributed by atoms with E-state index in [0.717, 1.165) is 25.6 Å². The van der Waals surface area contributed by atoms with Gasteiger partial charge in [-0.1, -0.05) is 6.08 Å². The standard InChI is InChI=1S/C11H15N5/c1-2-3-13-11-14-5-7-16(11)9-8-15-6-4-12-10-15/h2,4-7,10H,1,3,8-9H2,(H,13,14). The van der Waals surface area contributed by atoms with E-state index in [2.05, 4.69) is 26.4 Å². The Morgan fingerprint density at radius 3 is 3.00 bits per heavy atom. The number of hydrogen-bond acceptors (Lipinski definition) is 3. The summed E-state index contributed by atoms with van der Waals surface area (Å²) in [5, 5.41) is 3.18. The molecule has 2 heterocycles. The summed E-state index contributed by atoms with van der Waals surface area (Å²) >= 11 is 0. The second kappa shape index (κ2) is 5.16. The Morgan fingerprint density at radius 2 is 2.25 bits per heavy atom. The van der Waals surface area contributed by atoms with Gasteiger partial charge in [0.2, 0.25) is 5.95 Å².